The van der Waals surface area contributed by atoms with Gasteiger partial charge in [0.15, 0.2) is 5.78 Å². The zero-order chi connectivity index (χ0) is 12.7. The molecule has 0 bridgehead atoms. The number of carbonyl (C=O) groups excluding carboxylic acids is 2. The van der Waals surface area contributed by atoms with Crippen LogP contribution in [0.3, 0.4) is 0 Å². The first-order valence-electron chi connectivity index (χ1n) is 5.31. The van der Waals surface area contributed by atoms with E-state index < -0.39 is 11.9 Å². The van der Waals surface area contributed by atoms with Crippen molar-refractivity contribution in [3.63, 3.8) is 0 Å². The van der Waals surface area contributed by atoms with Crippen molar-refractivity contribution in [2.75, 3.05) is 5.32 Å². The summed E-state index contributed by atoms with van der Waals surface area (Å²) in [6.07, 6.45) is 0.324. The van der Waals surface area contributed by atoms with Gasteiger partial charge in [0.1, 0.15) is 5.82 Å². The number of amides is 1. The molecule has 0 spiro atoms. The van der Waals surface area contributed by atoms with Crippen molar-refractivity contribution in [3.05, 3.63) is 28.6 Å². The number of ketones is 1. The van der Waals surface area contributed by atoms with E-state index in [0.717, 1.165) is 0 Å². The lowest BCUT2D eigenvalue weighted by molar-refractivity contribution is -0.114. The second-order valence-corrected chi connectivity index (χ2v) is 4.24. The number of benzene rings is 1. The van der Waals surface area contributed by atoms with Gasteiger partial charge in [-0.05, 0) is 30.5 Å². The van der Waals surface area contributed by atoms with Gasteiger partial charge >= 0.3 is 0 Å². The molecule has 0 aromatic heterocycles. The number of anilines is 1. The molecule has 1 aliphatic carbocycles. The maximum absolute atomic E-state index is 13.6. The maximum atomic E-state index is 13.6. The van der Waals surface area contributed by atoms with Crippen LogP contribution in [0.4, 0.5) is 10.1 Å². The molecule has 3 N–H and O–H groups in total. The Hall–Kier alpha value is -1.75. The normalized spacial score (nSPS) is 18.1. The molecule has 2 rings (SSSR count). The zero-order valence-corrected chi connectivity index (χ0v) is 9.63. The maximum Gasteiger partial charge on any atom is 0.221 e. The lowest BCUT2D eigenvalue weighted by Gasteiger charge is -2.11. The highest BCUT2D eigenvalue weighted by molar-refractivity contribution is 6.11. The third-order valence-corrected chi connectivity index (χ3v) is 2.97. The fourth-order valence-corrected chi connectivity index (χ4v) is 2.12. The zero-order valence-electron chi connectivity index (χ0n) is 9.63. The molecule has 1 aliphatic rings. The molecule has 1 atom stereocenters. The Balaban J connectivity index is 2.63. The highest BCUT2D eigenvalue weighted by atomic mass is 19.1. The monoisotopic (exact) mass is 236 g/mol. The number of rotatable bonds is 1. The van der Waals surface area contributed by atoms with Crippen LogP contribution in [0, 0.1) is 12.7 Å². The Morgan fingerprint density at radius 3 is 2.82 bits per heavy atom. The molecule has 0 aliphatic heterocycles. The SMILES string of the molecule is CC(=O)Nc1cc(F)c(C)c2c1C(=O)C(N)C2. The van der Waals surface area contributed by atoms with Crippen LogP contribution >= 0.6 is 0 Å². The lowest BCUT2D eigenvalue weighted by Crippen LogP contribution is -2.26. The van der Waals surface area contributed by atoms with E-state index in [1.165, 1.54) is 13.0 Å². The smallest absolute Gasteiger partial charge is 0.221 e. The molecular formula is C12H13FN2O2. The molecule has 1 aromatic carbocycles. The summed E-state index contributed by atoms with van der Waals surface area (Å²) in [6, 6.07) is 0.531. The summed E-state index contributed by atoms with van der Waals surface area (Å²) in [7, 11) is 0. The summed E-state index contributed by atoms with van der Waals surface area (Å²) in [6.45, 7) is 2.92. The van der Waals surface area contributed by atoms with Gasteiger partial charge in [-0.3, -0.25) is 9.59 Å². The van der Waals surface area contributed by atoms with Crippen molar-refractivity contribution in [1.82, 2.24) is 0 Å². The van der Waals surface area contributed by atoms with Gasteiger partial charge in [0.05, 0.1) is 11.7 Å². The minimum atomic E-state index is -0.641. The highest BCUT2D eigenvalue weighted by Gasteiger charge is 2.32. The summed E-state index contributed by atoms with van der Waals surface area (Å²) in [5, 5.41) is 2.47. The van der Waals surface area contributed by atoms with Crippen molar-refractivity contribution in [3.8, 4) is 0 Å². The van der Waals surface area contributed by atoms with Gasteiger partial charge in [-0.2, -0.15) is 0 Å². The summed E-state index contributed by atoms with van der Waals surface area (Å²) in [4.78, 5) is 22.9. The van der Waals surface area contributed by atoms with Crippen molar-refractivity contribution in [2.45, 2.75) is 26.3 Å². The topological polar surface area (TPSA) is 72.2 Å². The summed E-state index contributed by atoms with van der Waals surface area (Å²) < 4.78 is 13.6. The van der Waals surface area contributed by atoms with Gasteiger partial charge in [-0.25, -0.2) is 4.39 Å². The van der Waals surface area contributed by atoms with Gasteiger partial charge in [-0.1, -0.05) is 0 Å². The predicted molar refractivity (Wildman–Crippen MR) is 61.5 cm³/mol. The van der Waals surface area contributed by atoms with Gasteiger partial charge < -0.3 is 11.1 Å². The summed E-state index contributed by atoms with van der Waals surface area (Å²) in [5.74, 6) is -1.02. The Morgan fingerprint density at radius 2 is 2.24 bits per heavy atom. The average Bonchev–Trinajstić information content (AvgIpc) is 2.52. The number of fused-ring (bicyclic) bond motifs is 1. The Kier molecular flexibility index (Phi) is 2.71. The van der Waals surface area contributed by atoms with E-state index in [0.29, 0.717) is 23.1 Å². The minimum absolute atomic E-state index is 0.216. The fraction of sp³-hybridized carbons (Fsp3) is 0.333. The molecule has 17 heavy (non-hydrogen) atoms. The Morgan fingerprint density at radius 1 is 1.59 bits per heavy atom. The first-order chi connectivity index (χ1) is 7.91. The van der Waals surface area contributed by atoms with Gasteiger partial charge in [0.25, 0.3) is 0 Å². The number of hydrogen-bond acceptors (Lipinski definition) is 3. The van der Waals surface area contributed by atoms with Gasteiger partial charge in [-0.15, -0.1) is 0 Å². The molecule has 0 saturated heterocycles. The van der Waals surface area contributed by atoms with Crippen LogP contribution in [0.15, 0.2) is 6.07 Å². The van der Waals surface area contributed by atoms with Crippen molar-refractivity contribution in [2.24, 2.45) is 5.73 Å². The van der Waals surface area contributed by atoms with E-state index in [9.17, 15) is 14.0 Å². The predicted octanol–water partition coefficient (Wildman–Crippen LogP) is 1.16. The average molecular weight is 236 g/mol. The van der Waals surface area contributed by atoms with Gasteiger partial charge in [0, 0.05) is 12.5 Å². The van der Waals surface area contributed by atoms with Crippen LogP contribution in [0.2, 0.25) is 0 Å². The number of halogens is 1. The van der Waals surface area contributed by atoms with Crippen LogP contribution < -0.4 is 11.1 Å². The first-order valence-corrected chi connectivity index (χ1v) is 5.31. The van der Waals surface area contributed by atoms with Crippen LogP contribution in [0.5, 0.6) is 0 Å². The van der Waals surface area contributed by atoms with E-state index >= 15 is 0 Å². The number of nitrogens with two attached hydrogens (primary N) is 1. The third-order valence-electron chi connectivity index (χ3n) is 2.97. The standard InChI is InChI=1S/C12H13FN2O2/c1-5-7-3-9(14)12(17)11(7)10(4-8(5)13)15-6(2)16/h4,9H,3,14H2,1-2H3,(H,15,16). The fourth-order valence-electron chi connectivity index (χ4n) is 2.12. The summed E-state index contributed by atoms with van der Waals surface area (Å²) >= 11 is 0. The van der Waals surface area contributed by atoms with Crippen molar-refractivity contribution in [1.29, 1.82) is 0 Å². The van der Waals surface area contributed by atoms with E-state index in [4.69, 9.17) is 5.73 Å². The molecule has 1 unspecified atom stereocenters. The largest absolute Gasteiger partial charge is 0.326 e. The molecule has 0 heterocycles. The molecule has 0 fully saturated rings. The highest BCUT2D eigenvalue weighted by Crippen LogP contribution is 2.32. The number of nitrogens with one attached hydrogen (secondary N) is 1. The van der Waals surface area contributed by atoms with E-state index in [1.807, 2.05) is 0 Å². The van der Waals surface area contributed by atoms with Crippen molar-refractivity contribution < 1.29 is 14.0 Å². The van der Waals surface area contributed by atoms with Gasteiger partial charge in [0.2, 0.25) is 5.91 Å². The molecule has 1 amide bonds. The molecule has 0 radical (unpaired) electrons. The van der Waals surface area contributed by atoms with E-state index in [2.05, 4.69) is 5.32 Å². The molecule has 0 saturated carbocycles. The molecule has 5 heteroatoms. The lowest BCUT2D eigenvalue weighted by atomic mass is 10.0. The number of carbonyl (C=O) groups is 2. The summed E-state index contributed by atoms with van der Waals surface area (Å²) in [5.41, 5.74) is 7.26. The third kappa shape index (κ3) is 1.82. The van der Waals surface area contributed by atoms with Crippen LogP contribution in [0.25, 0.3) is 0 Å². The minimum Gasteiger partial charge on any atom is -0.326 e. The van der Waals surface area contributed by atoms with E-state index in [-0.39, 0.29) is 17.4 Å². The number of hydrogen-bond donors (Lipinski definition) is 2. The van der Waals surface area contributed by atoms with Crippen LogP contribution in [-0.4, -0.2) is 17.7 Å². The number of Topliss-reactive ketones (excluding diaryl/α,β-unsaturated/α-hetero) is 1. The molecule has 4 nitrogen and oxygen atoms in total. The molecular weight excluding hydrogens is 223 g/mol. The van der Waals surface area contributed by atoms with Crippen LogP contribution in [0.1, 0.15) is 28.4 Å². The van der Waals surface area contributed by atoms with Crippen LogP contribution in [-0.2, 0) is 11.2 Å². The molecule has 90 valence electrons. The molecule has 1 aromatic rings. The second kappa shape index (κ2) is 3.92. The Bertz CT molecular complexity index is 526. The van der Waals surface area contributed by atoms with E-state index in [1.54, 1.807) is 6.92 Å². The first kappa shape index (κ1) is 11.7. The van der Waals surface area contributed by atoms with Crippen molar-refractivity contribution >= 4 is 17.4 Å². The second-order valence-electron chi connectivity index (χ2n) is 4.24. The quantitative estimate of drug-likeness (QED) is 0.768. The Labute approximate surface area is 98.0 Å².